The predicted molar refractivity (Wildman–Crippen MR) is 53.4 cm³/mol. The summed E-state index contributed by atoms with van der Waals surface area (Å²) in [6.45, 7) is 1.41. The van der Waals surface area contributed by atoms with Crippen molar-refractivity contribution in [2.75, 3.05) is 0 Å². The van der Waals surface area contributed by atoms with E-state index in [1.54, 1.807) is 6.07 Å². The van der Waals surface area contributed by atoms with E-state index in [4.69, 9.17) is 0 Å². The number of halogens is 1. The van der Waals surface area contributed by atoms with Crippen LogP contribution in [0.25, 0.3) is 0 Å². The Hall–Kier alpha value is -1.51. The van der Waals surface area contributed by atoms with Crippen LogP contribution in [-0.2, 0) is 17.6 Å². The predicted octanol–water partition coefficient (Wildman–Crippen LogP) is 2.09. The summed E-state index contributed by atoms with van der Waals surface area (Å²) in [5, 5.41) is 0. The molecule has 0 saturated heterocycles. The van der Waals surface area contributed by atoms with Gasteiger partial charge >= 0.3 is 0 Å². The van der Waals surface area contributed by atoms with Crippen molar-refractivity contribution in [1.82, 2.24) is 0 Å². The number of carbonyl (C=O) groups is 2. The van der Waals surface area contributed by atoms with E-state index in [1.807, 2.05) is 0 Å². The zero-order valence-corrected chi connectivity index (χ0v) is 8.47. The normalized spacial score (nSPS) is 14.9. The molecule has 0 aliphatic heterocycles. The molecule has 0 atom stereocenters. The van der Waals surface area contributed by atoms with Gasteiger partial charge in [-0.25, -0.2) is 4.39 Å². The van der Waals surface area contributed by atoms with Crippen LogP contribution in [0.15, 0.2) is 12.1 Å². The van der Waals surface area contributed by atoms with Crippen molar-refractivity contribution < 1.29 is 14.0 Å². The summed E-state index contributed by atoms with van der Waals surface area (Å²) in [6, 6.07) is 2.92. The van der Waals surface area contributed by atoms with E-state index >= 15 is 0 Å². The second-order valence-electron chi connectivity index (χ2n) is 3.87. The van der Waals surface area contributed by atoms with Gasteiger partial charge in [0, 0.05) is 18.4 Å². The molecule has 2 rings (SSSR count). The number of benzene rings is 1. The molecule has 1 aromatic carbocycles. The van der Waals surface area contributed by atoms with Gasteiger partial charge in [0.1, 0.15) is 11.6 Å². The van der Waals surface area contributed by atoms with Gasteiger partial charge in [-0.3, -0.25) is 9.59 Å². The maximum Gasteiger partial charge on any atom is 0.159 e. The quantitative estimate of drug-likeness (QED) is 0.659. The van der Waals surface area contributed by atoms with Gasteiger partial charge < -0.3 is 0 Å². The summed E-state index contributed by atoms with van der Waals surface area (Å²) in [4.78, 5) is 22.3. The lowest BCUT2D eigenvalue weighted by Crippen LogP contribution is -2.16. The second-order valence-corrected chi connectivity index (χ2v) is 3.87. The highest BCUT2D eigenvalue weighted by molar-refractivity contribution is 5.94. The third-order valence-corrected chi connectivity index (χ3v) is 2.74. The standard InChI is InChI=1S/C12H11FO2/c1-7(14)9-4-8-2-3-10(15)6-11(8)12(13)5-9/h4-5H,2-3,6H2,1H3. The van der Waals surface area contributed by atoms with Crippen LogP contribution >= 0.6 is 0 Å². The van der Waals surface area contributed by atoms with Crippen molar-refractivity contribution in [3.63, 3.8) is 0 Å². The average molecular weight is 206 g/mol. The largest absolute Gasteiger partial charge is 0.299 e. The molecular weight excluding hydrogens is 195 g/mol. The van der Waals surface area contributed by atoms with Crippen LogP contribution in [0.4, 0.5) is 4.39 Å². The molecule has 2 nitrogen and oxygen atoms in total. The first-order valence-electron chi connectivity index (χ1n) is 4.92. The first-order chi connectivity index (χ1) is 7.08. The number of fused-ring (bicyclic) bond motifs is 1. The van der Waals surface area contributed by atoms with Gasteiger partial charge in [-0.15, -0.1) is 0 Å². The van der Waals surface area contributed by atoms with Gasteiger partial charge in [0.25, 0.3) is 0 Å². The highest BCUT2D eigenvalue weighted by Crippen LogP contribution is 2.23. The first-order valence-corrected chi connectivity index (χ1v) is 4.92. The van der Waals surface area contributed by atoms with Crippen LogP contribution in [-0.4, -0.2) is 11.6 Å². The summed E-state index contributed by atoms with van der Waals surface area (Å²) in [5.74, 6) is -0.503. The molecule has 0 N–H and O–H groups in total. The van der Waals surface area contributed by atoms with Gasteiger partial charge in [0.15, 0.2) is 5.78 Å². The molecule has 78 valence electrons. The lowest BCUT2D eigenvalue weighted by Gasteiger charge is -2.16. The Labute approximate surface area is 87.1 Å². The van der Waals surface area contributed by atoms with Crippen molar-refractivity contribution >= 4 is 11.6 Å². The molecule has 1 aliphatic rings. The molecular formula is C12H11FO2. The van der Waals surface area contributed by atoms with E-state index in [9.17, 15) is 14.0 Å². The SMILES string of the molecule is CC(=O)c1cc(F)c2c(c1)CCC(=O)C2. The minimum atomic E-state index is -0.425. The zero-order valence-electron chi connectivity index (χ0n) is 8.47. The average Bonchev–Trinajstić information content (AvgIpc) is 2.18. The number of aryl methyl sites for hydroxylation is 1. The lowest BCUT2D eigenvalue weighted by molar-refractivity contribution is -0.118. The summed E-state index contributed by atoms with van der Waals surface area (Å²) in [6.07, 6.45) is 1.17. The van der Waals surface area contributed by atoms with Crippen molar-refractivity contribution in [3.8, 4) is 0 Å². The van der Waals surface area contributed by atoms with Gasteiger partial charge in [-0.05, 0) is 36.6 Å². The van der Waals surface area contributed by atoms with E-state index in [2.05, 4.69) is 0 Å². The van der Waals surface area contributed by atoms with Crippen LogP contribution in [0.3, 0.4) is 0 Å². The number of hydrogen-bond donors (Lipinski definition) is 0. The molecule has 0 heterocycles. The van der Waals surface area contributed by atoms with Crippen LogP contribution < -0.4 is 0 Å². The fourth-order valence-electron chi connectivity index (χ4n) is 1.88. The molecule has 15 heavy (non-hydrogen) atoms. The van der Waals surface area contributed by atoms with E-state index in [-0.39, 0.29) is 18.0 Å². The molecule has 0 amide bonds. The van der Waals surface area contributed by atoms with Crippen molar-refractivity contribution in [2.45, 2.75) is 26.2 Å². The van der Waals surface area contributed by atoms with E-state index in [0.717, 1.165) is 5.56 Å². The molecule has 0 spiro atoms. The molecule has 0 radical (unpaired) electrons. The smallest absolute Gasteiger partial charge is 0.159 e. The Morgan fingerprint density at radius 1 is 1.33 bits per heavy atom. The molecule has 0 unspecified atom stereocenters. The Balaban J connectivity index is 2.52. The number of rotatable bonds is 1. The lowest BCUT2D eigenvalue weighted by atomic mass is 9.88. The van der Waals surface area contributed by atoms with Gasteiger partial charge in [0.2, 0.25) is 0 Å². The summed E-state index contributed by atoms with van der Waals surface area (Å²) in [5.41, 5.74) is 1.66. The van der Waals surface area contributed by atoms with Crippen molar-refractivity contribution in [2.24, 2.45) is 0 Å². The molecule has 0 fully saturated rings. The Bertz CT molecular complexity index is 449. The maximum atomic E-state index is 13.6. The number of Topliss-reactive ketones (excluding diaryl/α,β-unsaturated/α-hetero) is 2. The molecule has 1 aromatic rings. The molecule has 0 aromatic heterocycles. The Morgan fingerprint density at radius 2 is 2.07 bits per heavy atom. The van der Waals surface area contributed by atoms with Crippen molar-refractivity contribution in [1.29, 1.82) is 0 Å². The maximum absolute atomic E-state index is 13.6. The van der Waals surface area contributed by atoms with E-state index < -0.39 is 5.82 Å². The highest BCUT2D eigenvalue weighted by atomic mass is 19.1. The summed E-state index contributed by atoms with van der Waals surface area (Å²) >= 11 is 0. The van der Waals surface area contributed by atoms with Crippen LogP contribution in [0.5, 0.6) is 0 Å². The minimum absolute atomic E-state index is 0.0666. The summed E-state index contributed by atoms with van der Waals surface area (Å²) < 4.78 is 13.6. The Morgan fingerprint density at radius 3 is 2.73 bits per heavy atom. The fourth-order valence-corrected chi connectivity index (χ4v) is 1.88. The van der Waals surface area contributed by atoms with Gasteiger partial charge in [-0.1, -0.05) is 0 Å². The highest BCUT2D eigenvalue weighted by Gasteiger charge is 2.20. The van der Waals surface area contributed by atoms with Crippen LogP contribution in [0.2, 0.25) is 0 Å². The van der Waals surface area contributed by atoms with Gasteiger partial charge in [-0.2, -0.15) is 0 Å². The third-order valence-electron chi connectivity index (χ3n) is 2.74. The number of hydrogen-bond acceptors (Lipinski definition) is 2. The summed E-state index contributed by atoms with van der Waals surface area (Å²) in [7, 11) is 0. The second kappa shape index (κ2) is 3.57. The minimum Gasteiger partial charge on any atom is -0.299 e. The molecule has 1 aliphatic carbocycles. The topological polar surface area (TPSA) is 34.1 Å². The molecule has 3 heteroatoms. The van der Waals surface area contributed by atoms with E-state index in [1.165, 1.54) is 13.0 Å². The van der Waals surface area contributed by atoms with Crippen LogP contribution in [0.1, 0.15) is 34.8 Å². The number of carbonyl (C=O) groups excluding carboxylic acids is 2. The first kappa shape index (κ1) is 10.0. The van der Waals surface area contributed by atoms with Gasteiger partial charge in [0.05, 0.1) is 0 Å². The van der Waals surface area contributed by atoms with Crippen molar-refractivity contribution in [3.05, 3.63) is 34.6 Å². The fraction of sp³-hybridized carbons (Fsp3) is 0.333. The Kier molecular flexibility index (Phi) is 2.39. The third kappa shape index (κ3) is 1.82. The molecule has 0 saturated carbocycles. The number of ketones is 2. The van der Waals surface area contributed by atoms with Crippen LogP contribution in [0, 0.1) is 5.82 Å². The van der Waals surface area contributed by atoms with E-state index in [0.29, 0.717) is 24.0 Å². The monoisotopic (exact) mass is 206 g/mol. The zero-order chi connectivity index (χ0) is 11.0. The molecule has 0 bridgehead atoms.